The lowest BCUT2D eigenvalue weighted by atomic mass is 9.88. The highest BCUT2D eigenvalue weighted by Gasteiger charge is 2.42. The molecule has 178 valence electrons. The number of fused-ring (bicyclic) bond motifs is 3. The number of ether oxygens (including phenoxy) is 3. The van der Waals surface area contributed by atoms with Crippen LogP contribution in [0.1, 0.15) is 24.8 Å². The Balaban J connectivity index is 1.75. The van der Waals surface area contributed by atoms with Gasteiger partial charge in [-0.25, -0.2) is 0 Å². The number of hydrogen-bond acceptors (Lipinski definition) is 7. The van der Waals surface area contributed by atoms with Crippen LogP contribution in [0.15, 0.2) is 76.9 Å². The van der Waals surface area contributed by atoms with Crippen LogP contribution in [0.4, 0.5) is 0 Å². The predicted octanol–water partition coefficient (Wildman–Crippen LogP) is 4.29. The molecule has 1 aliphatic carbocycles. The van der Waals surface area contributed by atoms with Gasteiger partial charge in [0.15, 0.2) is 0 Å². The minimum atomic E-state index is -0.261. The Hall–Kier alpha value is -3.89. The van der Waals surface area contributed by atoms with E-state index in [4.69, 9.17) is 14.2 Å². The number of carbonyl (C=O) groups is 1. The molecule has 7 nitrogen and oxygen atoms in total. The standard InChI is InChI=1S/C28H27N3O4/c1-33-24-14-17-11-13-31-23(8-9-26(32)35-3)27(19-10-12-30-22-7-5-4-6-18(19)22)21(16-29)28(31)20(17)15-25(24)34-2/h4-7,10,12,14-15,23-24H,8-9,11,13H2,1-3H3. The number of para-hydroxylation sites is 1. The minimum Gasteiger partial charge on any atom is -0.498 e. The smallest absolute Gasteiger partial charge is 0.305 e. The first-order valence-electron chi connectivity index (χ1n) is 11.7. The first-order valence-corrected chi connectivity index (χ1v) is 11.7. The van der Waals surface area contributed by atoms with Gasteiger partial charge in [0, 0.05) is 42.8 Å². The highest BCUT2D eigenvalue weighted by molar-refractivity contribution is 5.97. The maximum Gasteiger partial charge on any atom is 0.305 e. The van der Waals surface area contributed by atoms with E-state index in [-0.39, 0.29) is 24.5 Å². The largest absolute Gasteiger partial charge is 0.498 e. The lowest BCUT2D eigenvalue weighted by Gasteiger charge is -2.37. The summed E-state index contributed by atoms with van der Waals surface area (Å²) < 4.78 is 16.2. The highest BCUT2D eigenvalue weighted by Crippen LogP contribution is 2.48. The molecule has 0 spiro atoms. The van der Waals surface area contributed by atoms with Gasteiger partial charge in [0.2, 0.25) is 0 Å². The van der Waals surface area contributed by atoms with Crippen molar-refractivity contribution in [2.24, 2.45) is 0 Å². The van der Waals surface area contributed by atoms with Crippen molar-refractivity contribution >= 4 is 22.4 Å². The molecule has 0 radical (unpaired) electrons. The van der Waals surface area contributed by atoms with E-state index in [1.54, 1.807) is 20.4 Å². The van der Waals surface area contributed by atoms with E-state index < -0.39 is 0 Å². The summed E-state index contributed by atoms with van der Waals surface area (Å²) in [7, 11) is 4.70. The lowest BCUT2D eigenvalue weighted by molar-refractivity contribution is -0.140. The van der Waals surface area contributed by atoms with Gasteiger partial charge < -0.3 is 19.1 Å². The Morgan fingerprint density at radius 1 is 1.23 bits per heavy atom. The molecule has 0 saturated carbocycles. The Bertz CT molecular complexity index is 1360. The number of methoxy groups -OCH3 is 3. The predicted molar refractivity (Wildman–Crippen MR) is 132 cm³/mol. The number of esters is 1. The summed E-state index contributed by atoms with van der Waals surface area (Å²) in [6.45, 7) is 0.737. The van der Waals surface area contributed by atoms with Crippen LogP contribution >= 0.6 is 0 Å². The number of aromatic nitrogens is 1. The molecule has 1 aromatic carbocycles. The zero-order chi connectivity index (χ0) is 24.5. The Kier molecular flexibility index (Phi) is 6.14. The molecule has 35 heavy (non-hydrogen) atoms. The molecule has 3 heterocycles. The third kappa shape index (κ3) is 3.80. The molecule has 0 fully saturated rings. The van der Waals surface area contributed by atoms with Crippen molar-refractivity contribution < 1.29 is 19.0 Å². The van der Waals surface area contributed by atoms with E-state index in [9.17, 15) is 10.1 Å². The second kappa shape index (κ2) is 9.40. The Morgan fingerprint density at radius 3 is 2.80 bits per heavy atom. The van der Waals surface area contributed by atoms with E-state index in [0.29, 0.717) is 17.8 Å². The quantitative estimate of drug-likeness (QED) is 0.584. The van der Waals surface area contributed by atoms with Gasteiger partial charge in [0.1, 0.15) is 17.9 Å². The summed E-state index contributed by atoms with van der Waals surface area (Å²) in [4.78, 5) is 18.9. The van der Waals surface area contributed by atoms with Crippen molar-refractivity contribution in [1.29, 1.82) is 5.26 Å². The maximum absolute atomic E-state index is 12.1. The fourth-order valence-corrected chi connectivity index (χ4v) is 5.43. The first-order chi connectivity index (χ1) is 17.1. The molecule has 7 heteroatoms. The van der Waals surface area contributed by atoms with Crippen molar-refractivity contribution in [2.75, 3.05) is 27.9 Å². The average Bonchev–Trinajstić information content (AvgIpc) is 3.23. The van der Waals surface area contributed by atoms with Gasteiger partial charge >= 0.3 is 5.97 Å². The van der Waals surface area contributed by atoms with E-state index in [1.807, 2.05) is 36.4 Å². The fraction of sp³-hybridized carbons (Fsp3) is 0.321. The van der Waals surface area contributed by atoms with Crippen LogP contribution in [0.3, 0.4) is 0 Å². The number of pyridine rings is 1. The molecule has 3 aliphatic rings. The topological polar surface area (TPSA) is 84.7 Å². The highest BCUT2D eigenvalue weighted by atomic mass is 16.5. The van der Waals surface area contributed by atoms with Gasteiger partial charge in [-0.2, -0.15) is 5.26 Å². The summed E-state index contributed by atoms with van der Waals surface area (Å²) >= 11 is 0. The number of hydrogen-bond donors (Lipinski definition) is 0. The molecule has 0 saturated heterocycles. The summed E-state index contributed by atoms with van der Waals surface area (Å²) in [5.41, 5.74) is 6.40. The molecule has 2 unspecified atom stereocenters. The third-order valence-corrected chi connectivity index (χ3v) is 7.04. The second-order valence-corrected chi connectivity index (χ2v) is 8.71. The molecule has 0 bridgehead atoms. The van der Waals surface area contributed by atoms with Crippen LogP contribution in [-0.2, 0) is 19.0 Å². The SMILES string of the molecule is COC(=O)CCC1C(c2ccnc3ccccc23)=C(C#N)C2=C3C=C(OC)C(OC)C=C3CCN21. The van der Waals surface area contributed by atoms with Gasteiger partial charge in [-0.1, -0.05) is 18.2 Å². The molecule has 5 rings (SSSR count). The van der Waals surface area contributed by atoms with Crippen LogP contribution < -0.4 is 0 Å². The maximum atomic E-state index is 12.1. The van der Waals surface area contributed by atoms with Crippen molar-refractivity contribution in [3.05, 3.63) is 82.4 Å². The summed E-state index contributed by atoms with van der Waals surface area (Å²) in [6, 6.07) is 12.3. The zero-order valence-corrected chi connectivity index (χ0v) is 20.1. The van der Waals surface area contributed by atoms with Crippen LogP contribution in [-0.4, -0.2) is 55.9 Å². The normalized spacial score (nSPS) is 21.3. The fourth-order valence-electron chi connectivity index (χ4n) is 5.43. The van der Waals surface area contributed by atoms with Crippen molar-refractivity contribution in [1.82, 2.24) is 9.88 Å². The van der Waals surface area contributed by atoms with E-state index in [2.05, 4.69) is 22.0 Å². The van der Waals surface area contributed by atoms with Gasteiger partial charge in [-0.05, 0) is 48.3 Å². The van der Waals surface area contributed by atoms with Crippen molar-refractivity contribution in [3.8, 4) is 6.07 Å². The minimum absolute atomic E-state index is 0.141. The second-order valence-electron chi connectivity index (χ2n) is 8.71. The van der Waals surface area contributed by atoms with E-state index in [1.165, 1.54) is 7.11 Å². The summed E-state index contributed by atoms with van der Waals surface area (Å²) in [5, 5.41) is 11.5. The Labute approximate surface area is 204 Å². The van der Waals surface area contributed by atoms with Gasteiger partial charge in [0.05, 0.1) is 37.0 Å². The summed E-state index contributed by atoms with van der Waals surface area (Å²) in [5.74, 6) is 0.440. The molecule has 2 aliphatic heterocycles. The van der Waals surface area contributed by atoms with Crippen LogP contribution in [0.25, 0.3) is 16.5 Å². The number of rotatable bonds is 6. The third-order valence-electron chi connectivity index (χ3n) is 7.04. The monoisotopic (exact) mass is 469 g/mol. The molecular weight excluding hydrogens is 442 g/mol. The molecule has 0 amide bonds. The zero-order valence-electron chi connectivity index (χ0n) is 20.1. The molecule has 2 aromatic rings. The number of nitrogens with zero attached hydrogens (tertiary/aromatic N) is 3. The van der Waals surface area contributed by atoms with Crippen LogP contribution in [0, 0.1) is 11.3 Å². The van der Waals surface area contributed by atoms with E-state index >= 15 is 0 Å². The van der Waals surface area contributed by atoms with E-state index in [0.717, 1.165) is 51.8 Å². The number of benzene rings is 1. The number of nitriles is 1. The molecule has 0 N–H and O–H groups in total. The van der Waals surface area contributed by atoms with Crippen LogP contribution in [0.2, 0.25) is 0 Å². The first kappa shape index (κ1) is 22.9. The number of carbonyl (C=O) groups excluding carboxylic acids is 1. The van der Waals surface area contributed by atoms with Gasteiger partial charge in [0.25, 0.3) is 0 Å². The molecule has 2 atom stereocenters. The Morgan fingerprint density at radius 2 is 2.06 bits per heavy atom. The lowest BCUT2D eigenvalue weighted by Crippen LogP contribution is -2.36. The van der Waals surface area contributed by atoms with Crippen molar-refractivity contribution in [3.63, 3.8) is 0 Å². The molecular formula is C28H27N3O4. The number of allylic oxidation sites excluding steroid dienone is 3. The van der Waals surface area contributed by atoms with Crippen LogP contribution in [0.5, 0.6) is 0 Å². The van der Waals surface area contributed by atoms with Gasteiger partial charge in [-0.3, -0.25) is 9.78 Å². The average molecular weight is 470 g/mol. The van der Waals surface area contributed by atoms with Crippen molar-refractivity contribution in [2.45, 2.75) is 31.4 Å². The summed E-state index contributed by atoms with van der Waals surface area (Å²) in [6.07, 6.45) is 7.22. The molecule has 1 aromatic heterocycles. The van der Waals surface area contributed by atoms with Gasteiger partial charge in [-0.15, -0.1) is 0 Å².